The van der Waals surface area contributed by atoms with Crippen LogP contribution in [0.15, 0.2) is 91.0 Å². The Hall–Kier alpha value is -7.03. The molecular weight excluding hydrogens is 1350 g/mol. The predicted molar refractivity (Wildman–Crippen MR) is 442 cm³/mol. The fourth-order valence-corrected chi connectivity index (χ4v) is 8.98. The Morgan fingerprint density at radius 1 is 0.318 bits per heavy atom. The second-order valence-corrected chi connectivity index (χ2v) is 25.8. The van der Waals surface area contributed by atoms with Gasteiger partial charge in [0.25, 0.3) is 0 Å². The molecule has 1 saturated carbocycles. The third kappa shape index (κ3) is 97.0. The second kappa shape index (κ2) is 84.6. The summed E-state index contributed by atoms with van der Waals surface area (Å²) in [5, 5.41) is 0. The summed E-state index contributed by atoms with van der Waals surface area (Å²) in [5.41, 5.74) is 3.57. The van der Waals surface area contributed by atoms with Crippen LogP contribution in [0.25, 0.3) is 0 Å². The Morgan fingerprint density at radius 2 is 0.579 bits per heavy atom. The van der Waals surface area contributed by atoms with Crippen molar-refractivity contribution < 1.29 is 71.8 Å². The average Bonchev–Trinajstić information content (AvgIpc) is 0.916. The maximum atomic E-state index is 10.9. The van der Waals surface area contributed by atoms with E-state index in [1.165, 1.54) is 25.0 Å². The van der Waals surface area contributed by atoms with Gasteiger partial charge in [0.2, 0.25) is 5.91 Å². The summed E-state index contributed by atoms with van der Waals surface area (Å²) in [6, 6.07) is 29.9. The lowest BCUT2D eigenvalue weighted by Gasteiger charge is -2.33. The highest BCUT2D eigenvalue weighted by atomic mass is 16.5. The lowest BCUT2D eigenvalue weighted by atomic mass is 9.78. The number of Topliss-reactive ketones (excluding diaryl/α,β-unsaturated/α-hetero) is 12. The number of ketones is 12. The molecule has 3 aliphatic rings. The first kappa shape index (κ1) is 116. The number of hydrogen-bond acceptors (Lipinski definition) is 18. The minimum atomic E-state index is 0.0835. The standard InChI is InChI=1S/C12H20O2.C10H20N2O2.2C10H12O.C9H10O.C8H16N2O2.C6H10O2.C5H10O.3C4H8O.3C2H6/c1-9(13)7-11-3-5-12(6-4-11)8-10(2)14;1-10(13)3-4-11-5-7-12(8-6-11)9-14-2;2*1-9(11)7-8-10-5-3-2-4-6-10;1-8(10)7-9-5-3-2-4-6-9;1-8(11)10-5-3-9(4-6-10)7-12-2;1-5(7)3-4-6(2)8;1-3-4-5(2)6;3*1-3-4(2)5;3*1-2/h11-12H,3-8H2,1-2H3;3-9H2,1-2H3;2*2-6H,7-8H2,1H3;2-6H,7H2,1H3;3-7H2,1-2H3;3-4H2,1-2H3;3-4H2,1-2H3;3*3H2,1-2H3;3*1-2H3. The molecule has 6 rings (SSSR count). The molecule has 0 bridgehead atoms. The lowest BCUT2D eigenvalue weighted by molar-refractivity contribution is -0.131. The maximum absolute atomic E-state index is 10.9. The molecule has 19 nitrogen and oxygen atoms in total. The highest BCUT2D eigenvalue weighted by Gasteiger charge is 2.23. The van der Waals surface area contributed by atoms with Gasteiger partial charge in [-0.15, -0.1) is 0 Å². The van der Waals surface area contributed by atoms with Crippen molar-refractivity contribution in [3.05, 3.63) is 108 Å². The number of benzene rings is 3. The molecule has 2 heterocycles. The summed E-state index contributed by atoms with van der Waals surface area (Å²) < 4.78 is 10.1. The molecule has 2 aliphatic heterocycles. The van der Waals surface area contributed by atoms with Gasteiger partial charge in [-0.2, -0.15) is 0 Å². The predicted octanol–water partition coefficient (Wildman–Crippen LogP) is 17.3. The number of nitrogens with zero attached hydrogens (tertiary/aromatic N) is 4. The SMILES string of the molecule is CC.CC.CC.CC(=O)CC1CCC(CC(C)=O)CC1.CC(=O)CCC(C)=O.CC(=O)CCc1ccccc1.CC(=O)CCc1ccccc1.CC(=O)Cc1ccccc1.CCC(C)=O.CCC(C)=O.CCC(C)=O.CCCC(C)=O.COCN1CCN(C(C)=O)CC1.COCN1CCN(CCC(C)=O)CC1. The molecule has 0 radical (unpaired) electrons. The number of hydrogen-bond donors (Lipinski definition) is 0. The number of carbonyl (C=O) groups is 13. The second-order valence-electron chi connectivity index (χ2n) is 25.8. The van der Waals surface area contributed by atoms with Gasteiger partial charge in [-0.05, 0) is 157 Å². The van der Waals surface area contributed by atoms with Crippen LogP contribution in [-0.4, -0.2) is 181 Å². The molecule has 3 aromatic rings. The zero-order valence-corrected chi connectivity index (χ0v) is 71.9. The minimum Gasteiger partial charge on any atom is -0.369 e. The van der Waals surface area contributed by atoms with Gasteiger partial charge in [-0.3, -0.25) is 24.2 Å². The average molecular weight is 1510 g/mol. The number of rotatable bonds is 27. The van der Waals surface area contributed by atoms with Gasteiger partial charge >= 0.3 is 0 Å². The number of methoxy groups -OCH3 is 2. The molecule has 0 unspecified atom stereocenters. The van der Waals surface area contributed by atoms with Gasteiger partial charge in [-0.1, -0.05) is 160 Å². The van der Waals surface area contributed by atoms with Gasteiger partial charge in [0.1, 0.15) is 69.4 Å². The number of piperazine rings is 2. The number of aryl methyl sites for hydroxylation is 2. The van der Waals surface area contributed by atoms with E-state index >= 15 is 0 Å². The molecule has 107 heavy (non-hydrogen) atoms. The minimum absolute atomic E-state index is 0.0835. The summed E-state index contributed by atoms with van der Waals surface area (Å²) in [6.45, 7) is 50.4. The topological polar surface area (TPSA) is 253 Å². The monoisotopic (exact) mass is 1510 g/mol. The first-order chi connectivity index (χ1) is 50.6. The quantitative estimate of drug-likeness (QED) is 0.0687. The third-order valence-electron chi connectivity index (χ3n) is 15.2. The molecule has 1 aliphatic carbocycles. The largest absolute Gasteiger partial charge is 0.369 e. The van der Waals surface area contributed by atoms with Crippen molar-refractivity contribution in [1.29, 1.82) is 0 Å². The molecule has 0 atom stereocenters. The van der Waals surface area contributed by atoms with Crippen LogP contribution in [0, 0.1) is 11.8 Å². The van der Waals surface area contributed by atoms with E-state index in [0.29, 0.717) is 87.9 Å². The van der Waals surface area contributed by atoms with E-state index in [-0.39, 0.29) is 63.7 Å². The maximum Gasteiger partial charge on any atom is 0.219 e. The summed E-state index contributed by atoms with van der Waals surface area (Å²) in [5.74, 6) is 4.20. The zero-order valence-electron chi connectivity index (χ0n) is 71.9. The number of amides is 1. The Balaban J connectivity index is -0.000000169. The molecule has 0 aromatic heterocycles. The first-order valence-corrected chi connectivity index (χ1v) is 39.1. The molecule has 1 amide bonds. The van der Waals surface area contributed by atoms with E-state index in [1.807, 2.05) is 165 Å². The highest BCUT2D eigenvalue weighted by Crippen LogP contribution is 2.32. The normalized spacial score (nSPS) is 13.6. The van der Waals surface area contributed by atoms with Crippen molar-refractivity contribution >= 4 is 75.3 Å². The van der Waals surface area contributed by atoms with E-state index in [9.17, 15) is 62.3 Å². The van der Waals surface area contributed by atoms with Gasteiger partial charge in [0.15, 0.2) is 0 Å². The van der Waals surface area contributed by atoms with E-state index in [2.05, 4.69) is 14.7 Å². The van der Waals surface area contributed by atoms with Gasteiger partial charge in [-0.25, -0.2) is 0 Å². The van der Waals surface area contributed by atoms with Crippen LogP contribution < -0.4 is 0 Å². The van der Waals surface area contributed by atoms with E-state index in [0.717, 1.165) is 135 Å². The van der Waals surface area contributed by atoms with E-state index in [1.54, 1.807) is 90.4 Å². The van der Waals surface area contributed by atoms with Crippen LogP contribution >= 0.6 is 0 Å². The number of ether oxygens (including phenoxy) is 2. The summed E-state index contributed by atoms with van der Waals surface area (Å²) >= 11 is 0. The summed E-state index contributed by atoms with van der Waals surface area (Å²) in [6.07, 6.45) is 14.8. The summed E-state index contributed by atoms with van der Waals surface area (Å²) in [4.78, 5) is 144. The first-order valence-electron chi connectivity index (χ1n) is 39.1. The Kier molecular flexibility index (Phi) is 91.5. The Labute approximate surface area is 651 Å². The van der Waals surface area contributed by atoms with Crippen LogP contribution in [0.3, 0.4) is 0 Å². The van der Waals surface area contributed by atoms with Crippen LogP contribution in [0.4, 0.5) is 0 Å². The van der Waals surface area contributed by atoms with Crippen LogP contribution in [0.1, 0.15) is 279 Å². The van der Waals surface area contributed by atoms with Crippen LogP contribution in [-0.2, 0) is 91.1 Å². The molecule has 3 aromatic carbocycles. The van der Waals surface area contributed by atoms with Crippen LogP contribution in [0.5, 0.6) is 0 Å². The molecule has 614 valence electrons. The van der Waals surface area contributed by atoms with Gasteiger partial charge in [0, 0.05) is 157 Å². The van der Waals surface area contributed by atoms with Crippen molar-refractivity contribution in [2.75, 3.05) is 86.6 Å². The molecule has 0 spiro atoms. The van der Waals surface area contributed by atoms with Crippen molar-refractivity contribution in [3.63, 3.8) is 0 Å². The van der Waals surface area contributed by atoms with Crippen LogP contribution in [0.2, 0.25) is 0 Å². The zero-order chi connectivity index (χ0) is 83.9. The molecule has 0 N–H and O–H groups in total. The molecular formula is C88H152N4O15. The Morgan fingerprint density at radius 3 is 0.794 bits per heavy atom. The Bertz CT molecular complexity index is 2570. The molecule has 3 fully saturated rings. The number of carbonyl (C=O) groups excluding carboxylic acids is 13. The van der Waals surface area contributed by atoms with Crippen molar-refractivity contribution in [1.82, 2.24) is 19.6 Å². The van der Waals surface area contributed by atoms with Crippen molar-refractivity contribution in [2.45, 2.75) is 281 Å². The van der Waals surface area contributed by atoms with Crippen molar-refractivity contribution in [2.24, 2.45) is 11.8 Å². The molecule has 19 heteroatoms. The van der Waals surface area contributed by atoms with E-state index in [4.69, 9.17) is 9.47 Å². The fraction of sp³-hybridized carbons (Fsp3) is 0.648. The van der Waals surface area contributed by atoms with Gasteiger partial charge in [0.05, 0.1) is 13.5 Å². The lowest BCUT2D eigenvalue weighted by Crippen LogP contribution is -2.48. The van der Waals surface area contributed by atoms with Gasteiger partial charge < -0.3 is 67.2 Å². The van der Waals surface area contributed by atoms with Crippen molar-refractivity contribution in [3.8, 4) is 0 Å². The fourth-order valence-electron chi connectivity index (χ4n) is 8.98. The highest BCUT2D eigenvalue weighted by molar-refractivity contribution is 5.83. The third-order valence-corrected chi connectivity index (χ3v) is 15.2. The summed E-state index contributed by atoms with van der Waals surface area (Å²) in [7, 11) is 3.42. The smallest absolute Gasteiger partial charge is 0.219 e. The molecule has 2 saturated heterocycles. The van der Waals surface area contributed by atoms with E-state index < -0.39 is 0 Å².